The fourth-order valence-electron chi connectivity index (χ4n) is 1.84. The van der Waals surface area contributed by atoms with Crippen molar-refractivity contribution in [3.8, 4) is 11.5 Å². The Labute approximate surface area is 125 Å². The number of rotatable bonds is 5. The molecule has 2 heterocycles. The standard InChI is InChI=1S/C15H12F2N4O/c16-13(17)15-21-20-14(22-15)10-6-7-12(18-8-10)9-19-11-4-2-1-3-5-11/h1-8,13,19H,9H2. The predicted octanol–water partition coefficient (Wildman–Crippen LogP) is 3.68. The molecule has 7 heteroatoms. The third-order valence-corrected chi connectivity index (χ3v) is 2.95. The zero-order valence-electron chi connectivity index (χ0n) is 11.4. The van der Waals surface area contributed by atoms with Crippen LogP contribution in [0.4, 0.5) is 14.5 Å². The fourth-order valence-corrected chi connectivity index (χ4v) is 1.84. The molecule has 0 aliphatic rings. The molecule has 3 aromatic rings. The molecular formula is C15H12F2N4O. The molecule has 0 saturated carbocycles. The Morgan fingerprint density at radius 1 is 1.05 bits per heavy atom. The van der Waals surface area contributed by atoms with Gasteiger partial charge in [-0.25, -0.2) is 0 Å². The minimum absolute atomic E-state index is 0.0327. The number of pyridine rings is 1. The van der Waals surface area contributed by atoms with Gasteiger partial charge in [-0.05, 0) is 24.3 Å². The summed E-state index contributed by atoms with van der Waals surface area (Å²) in [5.41, 5.74) is 2.30. The lowest BCUT2D eigenvalue weighted by molar-refractivity contribution is 0.116. The number of benzene rings is 1. The first-order valence-electron chi connectivity index (χ1n) is 6.58. The van der Waals surface area contributed by atoms with Crippen LogP contribution in [0.15, 0.2) is 53.1 Å². The Bertz CT molecular complexity index is 729. The average Bonchev–Trinajstić information content (AvgIpc) is 3.05. The number of para-hydroxylation sites is 1. The van der Waals surface area contributed by atoms with Crippen LogP contribution >= 0.6 is 0 Å². The Morgan fingerprint density at radius 3 is 2.50 bits per heavy atom. The second-order valence-electron chi connectivity index (χ2n) is 4.50. The van der Waals surface area contributed by atoms with Crippen molar-refractivity contribution in [1.29, 1.82) is 0 Å². The zero-order valence-corrected chi connectivity index (χ0v) is 11.4. The molecule has 0 spiro atoms. The van der Waals surface area contributed by atoms with E-state index >= 15 is 0 Å². The highest BCUT2D eigenvalue weighted by atomic mass is 19.3. The number of nitrogens with zero attached hydrogens (tertiary/aromatic N) is 3. The normalized spacial score (nSPS) is 10.9. The van der Waals surface area contributed by atoms with E-state index in [9.17, 15) is 8.78 Å². The number of halogens is 2. The van der Waals surface area contributed by atoms with Crippen LogP contribution in [0.3, 0.4) is 0 Å². The first kappa shape index (κ1) is 14.1. The van der Waals surface area contributed by atoms with Gasteiger partial charge >= 0.3 is 6.43 Å². The van der Waals surface area contributed by atoms with Gasteiger partial charge in [-0.2, -0.15) is 8.78 Å². The summed E-state index contributed by atoms with van der Waals surface area (Å²) in [4.78, 5) is 4.25. The maximum Gasteiger partial charge on any atom is 0.314 e. The number of hydrogen-bond donors (Lipinski definition) is 1. The Balaban J connectivity index is 1.67. The SMILES string of the molecule is FC(F)c1nnc(-c2ccc(CNc3ccccc3)nc2)o1. The van der Waals surface area contributed by atoms with Crippen molar-refractivity contribution in [2.45, 2.75) is 13.0 Å². The average molecular weight is 302 g/mol. The molecule has 1 aromatic carbocycles. The Morgan fingerprint density at radius 2 is 1.86 bits per heavy atom. The van der Waals surface area contributed by atoms with Crippen molar-refractivity contribution >= 4 is 5.69 Å². The Hall–Kier alpha value is -2.83. The van der Waals surface area contributed by atoms with E-state index in [1.54, 1.807) is 12.1 Å². The molecule has 0 bridgehead atoms. The van der Waals surface area contributed by atoms with Gasteiger partial charge in [0, 0.05) is 11.9 Å². The van der Waals surface area contributed by atoms with E-state index in [-0.39, 0.29) is 5.89 Å². The number of alkyl halides is 2. The third kappa shape index (κ3) is 3.25. The lowest BCUT2D eigenvalue weighted by Gasteiger charge is -2.05. The minimum Gasteiger partial charge on any atom is -0.415 e. The summed E-state index contributed by atoms with van der Waals surface area (Å²) in [5.74, 6) is -0.657. The van der Waals surface area contributed by atoms with Gasteiger partial charge in [0.15, 0.2) is 0 Å². The summed E-state index contributed by atoms with van der Waals surface area (Å²) in [7, 11) is 0. The summed E-state index contributed by atoms with van der Waals surface area (Å²) in [6.07, 6.45) is -1.26. The highest BCUT2D eigenvalue weighted by molar-refractivity contribution is 5.51. The lowest BCUT2D eigenvalue weighted by atomic mass is 10.2. The van der Waals surface area contributed by atoms with Gasteiger partial charge in [-0.1, -0.05) is 18.2 Å². The highest BCUT2D eigenvalue weighted by Gasteiger charge is 2.17. The van der Waals surface area contributed by atoms with Crippen LogP contribution < -0.4 is 5.32 Å². The molecule has 0 aliphatic carbocycles. The van der Waals surface area contributed by atoms with Crippen molar-refractivity contribution < 1.29 is 13.2 Å². The van der Waals surface area contributed by atoms with Gasteiger partial charge in [-0.15, -0.1) is 10.2 Å². The Kier molecular flexibility index (Phi) is 4.04. The molecule has 0 fully saturated rings. The van der Waals surface area contributed by atoms with E-state index in [0.29, 0.717) is 12.1 Å². The molecule has 1 N–H and O–H groups in total. The van der Waals surface area contributed by atoms with Crippen molar-refractivity contribution in [2.24, 2.45) is 0 Å². The zero-order chi connectivity index (χ0) is 15.4. The lowest BCUT2D eigenvalue weighted by Crippen LogP contribution is -2.01. The first-order chi connectivity index (χ1) is 10.7. The van der Waals surface area contributed by atoms with E-state index in [4.69, 9.17) is 4.42 Å². The predicted molar refractivity (Wildman–Crippen MR) is 76.3 cm³/mol. The van der Waals surface area contributed by atoms with Gasteiger partial charge in [0.2, 0.25) is 5.89 Å². The van der Waals surface area contributed by atoms with Gasteiger partial charge in [-0.3, -0.25) is 4.98 Å². The van der Waals surface area contributed by atoms with Crippen LogP contribution in [0.2, 0.25) is 0 Å². The molecule has 0 aliphatic heterocycles. The highest BCUT2D eigenvalue weighted by Crippen LogP contribution is 2.22. The molecule has 0 unspecified atom stereocenters. The molecular weight excluding hydrogens is 290 g/mol. The summed E-state index contributed by atoms with van der Waals surface area (Å²) in [6.45, 7) is 0.552. The molecule has 5 nitrogen and oxygen atoms in total. The smallest absolute Gasteiger partial charge is 0.314 e. The van der Waals surface area contributed by atoms with Crippen LogP contribution in [-0.2, 0) is 6.54 Å². The first-order valence-corrected chi connectivity index (χ1v) is 6.58. The number of nitrogens with one attached hydrogen (secondary N) is 1. The van der Waals surface area contributed by atoms with Crippen LogP contribution in [0.5, 0.6) is 0 Å². The molecule has 0 radical (unpaired) electrons. The number of anilines is 1. The molecule has 0 amide bonds. The van der Waals surface area contributed by atoms with E-state index in [0.717, 1.165) is 11.4 Å². The fraction of sp³-hybridized carbons (Fsp3) is 0.133. The van der Waals surface area contributed by atoms with Gasteiger partial charge in [0.1, 0.15) is 0 Å². The van der Waals surface area contributed by atoms with Crippen molar-refractivity contribution in [1.82, 2.24) is 15.2 Å². The second kappa shape index (κ2) is 6.30. The van der Waals surface area contributed by atoms with Crippen LogP contribution in [-0.4, -0.2) is 15.2 Å². The molecule has 112 valence electrons. The largest absolute Gasteiger partial charge is 0.415 e. The monoisotopic (exact) mass is 302 g/mol. The molecule has 3 rings (SSSR count). The van der Waals surface area contributed by atoms with Crippen LogP contribution in [0.25, 0.3) is 11.5 Å². The van der Waals surface area contributed by atoms with Gasteiger partial charge < -0.3 is 9.73 Å². The number of aromatic nitrogens is 3. The van der Waals surface area contributed by atoms with Gasteiger partial charge in [0.05, 0.1) is 17.8 Å². The van der Waals surface area contributed by atoms with Crippen LogP contribution in [0, 0.1) is 0 Å². The maximum absolute atomic E-state index is 12.4. The summed E-state index contributed by atoms with van der Waals surface area (Å²) in [5, 5.41) is 10.1. The minimum atomic E-state index is -2.77. The quantitative estimate of drug-likeness (QED) is 0.779. The van der Waals surface area contributed by atoms with E-state index in [1.807, 2.05) is 30.3 Å². The van der Waals surface area contributed by atoms with Crippen molar-refractivity contribution in [3.63, 3.8) is 0 Å². The van der Waals surface area contributed by atoms with Crippen molar-refractivity contribution in [3.05, 3.63) is 60.2 Å². The van der Waals surface area contributed by atoms with Gasteiger partial charge in [0.25, 0.3) is 5.89 Å². The summed E-state index contributed by atoms with van der Waals surface area (Å²) < 4.78 is 29.7. The topological polar surface area (TPSA) is 63.8 Å². The number of hydrogen-bond acceptors (Lipinski definition) is 5. The van der Waals surface area contributed by atoms with Crippen LogP contribution in [0.1, 0.15) is 18.0 Å². The van der Waals surface area contributed by atoms with E-state index in [1.165, 1.54) is 6.20 Å². The molecule has 2 aromatic heterocycles. The molecule has 0 atom stereocenters. The summed E-state index contributed by atoms with van der Waals surface area (Å²) in [6, 6.07) is 13.2. The van der Waals surface area contributed by atoms with E-state index < -0.39 is 12.3 Å². The maximum atomic E-state index is 12.4. The van der Waals surface area contributed by atoms with Crippen molar-refractivity contribution in [2.75, 3.05) is 5.32 Å². The van der Waals surface area contributed by atoms with E-state index in [2.05, 4.69) is 20.5 Å². The molecule has 22 heavy (non-hydrogen) atoms. The molecule has 0 saturated heterocycles. The summed E-state index contributed by atoms with van der Waals surface area (Å²) >= 11 is 0. The second-order valence-corrected chi connectivity index (χ2v) is 4.50. The third-order valence-electron chi connectivity index (χ3n) is 2.95.